The van der Waals surface area contributed by atoms with Gasteiger partial charge in [0.15, 0.2) is 0 Å². The molecule has 0 unspecified atom stereocenters. The van der Waals surface area contributed by atoms with Gasteiger partial charge in [-0.3, -0.25) is 14.5 Å². The fraction of sp³-hybridized carbons (Fsp3) is 0.267. The van der Waals surface area contributed by atoms with Crippen molar-refractivity contribution >= 4 is 17.9 Å². The van der Waals surface area contributed by atoms with Crippen LogP contribution in [0.15, 0.2) is 77.5 Å². The van der Waals surface area contributed by atoms with Gasteiger partial charge in [0.25, 0.3) is 11.8 Å². The Labute approximate surface area is 217 Å². The molecule has 3 aromatic rings. The van der Waals surface area contributed by atoms with E-state index >= 15 is 0 Å². The number of benzene rings is 2. The first-order valence-electron chi connectivity index (χ1n) is 12.5. The Morgan fingerprint density at radius 3 is 2.38 bits per heavy atom. The number of hydrogen-bond donors (Lipinski definition) is 0. The highest BCUT2D eigenvalue weighted by molar-refractivity contribution is 6.19. The van der Waals surface area contributed by atoms with E-state index in [4.69, 9.17) is 9.84 Å². The van der Waals surface area contributed by atoms with E-state index in [1.54, 1.807) is 17.7 Å². The maximum Gasteiger partial charge on any atom is 0.271 e. The standard InChI is InChI=1S/C30H30N4O3/c1-5-6-16-33-29(35)26(21(4)27(18-31)30(33)36)17-23-19-34(24-10-8-7-9-11-24)32-28(23)22-12-14-25(15-13-22)37-20(2)3/h7-15,17,19-20H,5-6,16H2,1-4H3/b26-17+. The molecule has 0 radical (unpaired) electrons. The Hall–Kier alpha value is -4.44. The Morgan fingerprint density at radius 1 is 1.05 bits per heavy atom. The van der Waals surface area contributed by atoms with Crippen LogP contribution in [0.4, 0.5) is 0 Å². The number of carbonyl (C=O) groups is 2. The second kappa shape index (κ2) is 11.1. The number of para-hydroxylation sites is 1. The average Bonchev–Trinajstić information content (AvgIpc) is 3.31. The summed E-state index contributed by atoms with van der Waals surface area (Å²) in [7, 11) is 0. The van der Waals surface area contributed by atoms with E-state index in [2.05, 4.69) is 0 Å². The number of ether oxygens (including phenoxy) is 1. The summed E-state index contributed by atoms with van der Waals surface area (Å²) < 4.78 is 7.54. The van der Waals surface area contributed by atoms with Crippen LogP contribution in [-0.2, 0) is 9.59 Å². The third-order valence-corrected chi connectivity index (χ3v) is 6.12. The predicted octanol–water partition coefficient (Wildman–Crippen LogP) is 5.72. The molecule has 0 saturated carbocycles. The van der Waals surface area contributed by atoms with E-state index in [-0.39, 0.29) is 18.2 Å². The third-order valence-electron chi connectivity index (χ3n) is 6.12. The Balaban J connectivity index is 1.85. The van der Waals surface area contributed by atoms with Crippen molar-refractivity contribution in [1.29, 1.82) is 5.26 Å². The summed E-state index contributed by atoms with van der Waals surface area (Å²) >= 11 is 0. The number of carbonyl (C=O) groups excluding carboxylic acids is 2. The summed E-state index contributed by atoms with van der Waals surface area (Å²) in [5.41, 5.74) is 3.78. The number of unbranched alkanes of at least 4 members (excludes halogenated alkanes) is 1. The summed E-state index contributed by atoms with van der Waals surface area (Å²) in [6.07, 6.45) is 5.15. The Bertz CT molecular complexity index is 1410. The van der Waals surface area contributed by atoms with Crippen molar-refractivity contribution in [2.75, 3.05) is 6.54 Å². The van der Waals surface area contributed by atoms with Crippen molar-refractivity contribution in [3.8, 4) is 28.8 Å². The molecule has 2 aromatic carbocycles. The number of nitriles is 1. The molecule has 7 heteroatoms. The van der Waals surface area contributed by atoms with Crippen LogP contribution in [0.1, 0.15) is 46.1 Å². The van der Waals surface area contributed by atoms with Gasteiger partial charge in [0, 0.05) is 29.4 Å². The fourth-order valence-corrected chi connectivity index (χ4v) is 4.20. The highest BCUT2D eigenvalue weighted by atomic mass is 16.5. The summed E-state index contributed by atoms with van der Waals surface area (Å²) in [5.74, 6) is -0.170. The van der Waals surface area contributed by atoms with Crippen LogP contribution in [0.3, 0.4) is 0 Å². The number of hydrogen-bond acceptors (Lipinski definition) is 5. The lowest BCUT2D eigenvalue weighted by atomic mass is 9.93. The van der Waals surface area contributed by atoms with E-state index in [0.717, 1.165) is 23.4 Å². The van der Waals surface area contributed by atoms with Gasteiger partial charge in [0.05, 0.1) is 17.5 Å². The van der Waals surface area contributed by atoms with Crippen LogP contribution in [0.5, 0.6) is 5.75 Å². The third kappa shape index (κ3) is 5.39. The molecule has 0 aliphatic carbocycles. The molecule has 2 heterocycles. The molecule has 0 fully saturated rings. The van der Waals surface area contributed by atoms with Gasteiger partial charge in [-0.05, 0) is 75.2 Å². The van der Waals surface area contributed by atoms with Crippen molar-refractivity contribution in [1.82, 2.24) is 14.7 Å². The average molecular weight is 495 g/mol. The lowest BCUT2D eigenvalue weighted by Crippen LogP contribution is -2.43. The quantitative estimate of drug-likeness (QED) is 0.295. The topological polar surface area (TPSA) is 88.2 Å². The van der Waals surface area contributed by atoms with E-state index < -0.39 is 11.8 Å². The van der Waals surface area contributed by atoms with Crippen LogP contribution in [0.25, 0.3) is 23.0 Å². The van der Waals surface area contributed by atoms with E-state index in [9.17, 15) is 14.9 Å². The van der Waals surface area contributed by atoms with Crippen LogP contribution < -0.4 is 4.74 Å². The molecule has 0 N–H and O–H groups in total. The number of imide groups is 1. The zero-order valence-electron chi connectivity index (χ0n) is 21.6. The van der Waals surface area contributed by atoms with Crippen LogP contribution in [-0.4, -0.2) is 39.1 Å². The van der Waals surface area contributed by atoms with Gasteiger partial charge in [0.1, 0.15) is 17.4 Å². The Morgan fingerprint density at radius 2 is 1.76 bits per heavy atom. The predicted molar refractivity (Wildman–Crippen MR) is 143 cm³/mol. The molecule has 2 amide bonds. The second-order valence-electron chi connectivity index (χ2n) is 9.19. The fourth-order valence-electron chi connectivity index (χ4n) is 4.20. The van der Waals surface area contributed by atoms with Gasteiger partial charge in [-0.2, -0.15) is 10.4 Å². The maximum atomic E-state index is 13.4. The Kier molecular flexibility index (Phi) is 7.69. The van der Waals surface area contributed by atoms with E-state index in [1.807, 2.05) is 87.6 Å². The number of aromatic nitrogens is 2. The van der Waals surface area contributed by atoms with Gasteiger partial charge in [-0.1, -0.05) is 31.5 Å². The van der Waals surface area contributed by atoms with Crippen molar-refractivity contribution in [2.24, 2.45) is 0 Å². The molecule has 188 valence electrons. The molecule has 0 atom stereocenters. The molecule has 0 bridgehead atoms. The van der Waals surface area contributed by atoms with E-state index in [1.165, 1.54) is 4.90 Å². The highest BCUT2D eigenvalue weighted by Crippen LogP contribution is 2.32. The molecule has 7 nitrogen and oxygen atoms in total. The lowest BCUT2D eigenvalue weighted by Gasteiger charge is -2.27. The number of nitrogens with zero attached hydrogens (tertiary/aromatic N) is 4. The van der Waals surface area contributed by atoms with Gasteiger partial charge in [0.2, 0.25) is 0 Å². The van der Waals surface area contributed by atoms with Gasteiger partial charge < -0.3 is 4.74 Å². The first kappa shape index (κ1) is 25.6. The first-order valence-corrected chi connectivity index (χ1v) is 12.5. The molecule has 1 aromatic heterocycles. The minimum atomic E-state index is -0.531. The molecule has 4 rings (SSSR count). The molecule has 0 saturated heterocycles. The molecule has 1 aliphatic rings. The van der Waals surface area contributed by atoms with E-state index in [0.29, 0.717) is 28.8 Å². The molecule has 1 aliphatic heterocycles. The van der Waals surface area contributed by atoms with Crippen molar-refractivity contribution < 1.29 is 14.3 Å². The zero-order valence-corrected chi connectivity index (χ0v) is 21.6. The lowest BCUT2D eigenvalue weighted by molar-refractivity contribution is -0.140. The summed E-state index contributed by atoms with van der Waals surface area (Å²) in [4.78, 5) is 27.5. The summed E-state index contributed by atoms with van der Waals surface area (Å²) in [6.45, 7) is 7.86. The summed E-state index contributed by atoms with van der Waals surface area (Å²) in [5, 5.41) is 14.5. The summed E-state index contributed by atoms with van der Waals surface area (Å²) in [6, 6.07) is 19.3. The second-order valence-corrected chi connectivity index (χ2v) is 9.19. The SMILES string of the molecule is CCCCN1C(=O)C(C#N)=C(C)/C(=C\c2cn(-c3ccccc3)nc2-c2ccc(OC(C)C)cc2)C1=O. The minimum Gasteiger partial charge on any atom is -0.491 e. The number of amides is 2. The van der Waals surface area contributed by atoms with Gasteiger partial charge in [-0.15, -0.1) is 0 Å². The molecular formula is C30H30N4O3. The first-order chi connectivity index (χ1) is 17.8. The normalized spacial score (nSPS) is 15.0. The smallest absolute Gasteiger partial charge is 0.271 e. The van der Waals surface area contributed by atoms with Gasteiger partial charge >= 0.3 is 0 Å². The van der Waals surface area contributed by atoms with Crippen molar-refractivity contribution in [3.05, 3.63) is 83.1 Å². The van der Waals surface area contributed by atoms with Crippen LogP contribution in [0.2, 0.25) is 0 Å². The van der Waals surface area contributed by atoms with Gasteiger partial charge in [-0.25, -0.2) is 4.68 Å². The van der Waals surface area contributed by atoms with Crippen LogP contribution in [0, 0.1) is 11.3 Å². The van der Waals surface area contributed by atoms with Crippen LogP contribution >= 0.6 is 0 Å². The molecule has 0 spiro atoms. The molecule has 37 heavy (non-hydrogen) atoms. The van der Waals surface area contributed by atoms with Crippen molar-refractivity contribution in [3.63, 3.8) is 0 Å². The highest BCUT2D eigenvalue weighted by Gasteiger charge is 2.35. The van der Waals surface area contributed by atoms with Crippen molar-refractivity contribution in [2.45, 2.75) is 46.6 Å². The largest absolute Gasteiger partial charge is 0.491 e. The monoisotopic (exact) mass is 494 g/mol. The minimum absolute atomic E-state index is 0.00542. The number of rotatable bonds is 8. The molecular weight excluding hydrogens is 464 g/mol. The maximum absolute atomic E-state index is 13.4. The zero-order chi connectivity index (χ0) is 26.5.